The largest absolute Gasteiger partial charge is 0.465 e. The molecule has 0 spiro atoms. The highest BCUT2D eigenvalue weighted by molar-refractivity contribution is 7.89. The maximum atomic E-state index is 12.8. The van der Waals surface area contributed by atoms with Crippen molar-refractivity contribution in [1.82, 2.24) is 14.9 Å². The molecule has 204 valence electrons. The molecule has 0 fully saturated rings. The maximum absolute atomic E-state index is 12.8. The summed E-state index contributed by atoms with van der Waals surface area (Å²) in [4.78, 5) is 35.0. The summed E-state index contributed by atoms with van der Waals surface area (Å²) < 4.78 is 50.9. The van der Waals surface area contributed by atoms with Gasteiger partial charge < -0.3 is 25.0 Å². The summed E-state index contributed by atoms with van der Waals surface area (Å²) in [7, 11) is -8.78. The Balaban J connectivity index is 2.14. The lowest BCUT2D eigenvalue weighted by Crippen LogP contribution is -2.52. The van der Waals surface area contributed by atoms with Gasteiger partial charge in [0.15, 0.2) is 0 Å². The fourth-order valence-corrected chi connectivity index (χ4v) is 5.56. The number of amides is 2. The monoisotopic (exact) mass is 557 g/mol. The number of sulfonamides is 1. The van der Waals surface area contributed by atoms with Crippen molar-refractivity contribution in [2.24, 2.45) is 0 Å². The number of carboxylic acid groups (broad SMARTS) is 1. The van der Waals surface area contributed by atoms with Crippen LogP contribution in [0.3, 0.4) is 0 Å². The number of hydrogen-bond acceptors (Lipinski definition) is 7. The van der Waals surface area contributed by atoms with E-state index in [1.54, 1.807) is 38.1 Å². The zero-order valence-corrected chi connectivity index (χ0v) is 22.6. The molecule has 0 saturated heterocycles. The van der Waals surface area contributed by atoms with E-state index in [-0.39, 0.29) is 11.4 Å². The van der Waals surface area contributed by atoms with Gasteiger partial charge in [-0.3, -0.25) is 9.32 Å². The molecule has 2 rings (SSSR count). The molecular formula is C23H32N3O9PS. The number of rotatable bonds is 13. The van der Waals surface area contributed by atoms with E-state index in [0.29, 0.717) is 11.5 Å². The van der Waals surface area contributed by atoms with E-state index in [4.69, 9.17) is 9.26 Å². The first-order chi connectivity index (χ1) is 17.2. The lowest BCUT2D eigenvalue weighted by atomic mass is 10.2. The Kier molecular flexibility index (Phi) is 10.6. The van der Waals surface area contributed by atoms with Crippen LogP contribution >= 0.6 is 7.60 Å². The van der Waals surface area contributed by atoms with Crippen LogP contribution in [-0.4, -0.2) is 66.3 Å². The number of para-hydroxylation sites is 1. The molecule has 4 N–H and O–H groups in total. The van der Waals surface area contributed by atoms with Gasteiger partial charge >= 0.3 is 19.3 Å². The van der Waals surface area contributed by atoms with Crippen LogP contribution in [0.25, 0.3) is 0 Å². The Labute approximate surface area is 216 Å². The molecule has 2 aromatic carbocycles. The molecule has 0 bridgehead atoms. The van der Waals surface area contributed by atoms with Gasteiger partial charge in [-0.15, -0.1) is 0 Å². The number of nitrogens with one attached hydrogen (secondary N) is 2. The lowest BCUT2D eigenvalue weighted by molar-refractivity contribution is 0.162. The summed E-state index contributed by atoms with van der Waals surface area (Å²) in [6.45, 7) is 5.28. The Morgan fingerprint density at radius 2 is 1.57 bits per heavy atom. The van der Waals surface area contributed by atoms with Crippen LogP contribution in [0.1, 0.15) is 27.7 Å². The van der Waals surface area contributed by atoms with Gasteiger partial charge in [-0.2, -0.15) is 0 Å². The van der Waals surface area contributed by atoms with Crippen molar-refractivity contribution in [3.8, 4) is 11.5 Å². The van der Waals surface area contributed by atoms with Gasteiger partial charge in [0.25, 0.3) is 0 Å². The Morgan fingerprint density at radius 3 is 2.08 bits per heavy atom. The molecule has 2 unspecified atom stereocenters. The number of carbonyl (C=O) groups is 2. The second kappa shape index (κ2) is 13.0. The minimum atomic E-state index is -4.71. The van der Waals surface area contributed by atoms with E-state index in [1.165, 1.54) is 38.1 Å². The molecule has 2 amide bonds. The maximum Gasteiger partial charge on any atom is 0.416 e. The highest BCUT2D eigenvalue weighted by atomic mass is 32.2. The molecule has 0 saturated carbocycles. The van der Waals surface area contributed by atoms with Gasteiger partial charge in [-0.25, -0.2) is 22.5 Å². The molecule has 0 aliphatic heterocycles. The molecule has 2 atom stereocenters. The molecule has 0 radical (unpaired) electrons. The van der Waals surface area contributed by atoms with Crippen LogP contribution in [-0.2, 0) is 19.1 Å². The average Bonchev–Trinajstić information content (AvgIpc) is 2.80. The summed E-state index contributed by atoms with van der Waals surface area (Å²) in [5.41, 5.74) is -1.22. The molecule has 12 nitrogen and oxygen atoms in total. The number of benzene rings is 2. The molecular weight excluding hydrogens is 525 g/mol. The predicted molar refractivity (Wildman–Crippen MR) is 136 cm³/mol. The van der Waals surface area contributed by atoms with Crippen molar-refractivity contribution in [1.29, 1.82) is 0 Å². The smallest absolute Gasteiger partial charge is 0.416 e. The molecule has 37 heavy (non-hydrogen) atoms. The lowest BCUT2D eigenvalue weighted by Gasteiger charge is -2.32. The van der Waals surface area contributed by atoms with Crippen LogP contribution < -0.4 is 14.8 Å². The van der Waals surface area contributed by atoms with E-state index < -0.39 is 54.1 Å². The summed E-state index contributed by atoms with van der Waals surface area (Å²) in [5.74, 6) is 0.994. The molecule has 2 aromatic rings. The second-order valence-corrected chi connectivity index (χ2v) is 12.0. The molecule has 0 aliphatic carbocycles. The summed E-state index contributed by atoms with van der Waals surface area (Å²) >= 11 is 0. The van der Waals surface area contributed by atoms with Crippen LogP contribution in [0.5, 0.6) is 11.5 Å². The highest BCUT2D eigenvalue weighted by Gasteiger charge is 2.38. The Morgan fingerprint density at radius 1 is 1.00 bits per heavy atom. The zero-order valence-electron chi connectivity index (χ0n) is 20.9. The van der Waals surface area contributed by atoms with Crippen molar-refractivity contribution < 1.29 is 41.8 Å². The van der Waals surface area contributed by atoms with Crippen molar-refractivity contribution in [3.63, 3.8) is 0 Å². The molecule has 0 aromatic heterocycles. The van der Waals surface area contributed by atoms with E-state index in [2.05, 4.69) is 10.0 Å². The van der Waals surface area contributed by atoms with Gasteiger partial charge in [-0.05, 0) is 64.1 Å². The van der Waals surface area contributed by atoms with Crippen LogP contribution in [0.4, 0.5) is 9.59 Å². The van der Waals surface area contributed by atoms with Crippen molar-refractivity contribution in [2.45, 2.75) is 50.8 Å². The van der Waals surface area contributed by atoms with Crippen molar-refractivity contribution in [3.05, 3.63) is 54.6 Å². The van der Waals surface area contributed by atoms with E-state index in [9.17, 15) is 32.6 Å². The number of nitrogens with zero attached hydrogens (tertiary/aromatic N) is 1. The fraction of sp³-hybridized carbons (Fsp3) is 0.391. The third-order valence-corrected chi connectivity index (χ3v) is 7.73. The summed E-state index contributed by atoms with van der Waals surface area (Å²) in [6.07, 6.45) is -2.17. The Hall–Kier alpha value is -2.96. The van der Waals surface area contributed by atoms with Gasteiger partial charge in [0.05, 0.1) is 17.0 Å². The standard InChI is InChI=1S/C23H32N3O9PS/c1-16(2)26(23(29)36(30,31)35-17(3)4)15-18(25-22(27)28)14-24-37(32,33)21-12-10-20(11-13-21)34-19-8-6-5-7-9-19/h5-13,16-18,24-25H,14-15H2,1-4H3,(H,27,28)(H,30,31). The second-order valence-electron chi connectivity index (χ2n) is 8.59. The third kappa shape index (κ3) is 9.45. The van der Waals surface area contributed by atoms with Crippen LogP contribution in [0.15, 0.2) is 59.5 Å². The fourth-order valence-electron chi connectivity index (χ4n) is 3.18. The quantitative estimate of drug-likeness (QED) is 0.267. The van der Waals surface area contributed by atoms with Gasteiger partial charge in [0, 0.05) is 19.1 Å². The minimum absolute atomic E-state index is 0.0935. The number of hydrogen-bond donors (Lipinski definition) is 4. The molecule has 0 heterocycles. The van der Waals surface area contributed by atoms with E-state index in [0.717, 1.165) is 4.90 Å². The molecule has 14 heteroatoms. The summed E-state index contributed by atoms with van der Waals surface area (Å²) in [5, 5.41) is 11.4. The highest BCUT2D eigenvalue weighted by Crippen LogP contribution is 2.46. The van der Waals surface area contributed by atoms with Crippen molar-refractivity contribution in [2.75, 3.05) is 13.1 Å². The van der Waals surface area contributed by atoms with Gasteiger partial charge in [0.2, 0.25) is 10.0 Å². The number of ether oxygens (including phenoxy) is 1. The van der Waals surface area contributed by atoms with E-state index >= 15 is 0 Å². The van der Waals surface area contributed by atoms with Gasteiger partial charge in [-0.1, -0.05) is 18.2 Å². The first-order valence-corrected chi connectivity index (χ1v) is 14.4. The Bertz CT molecular complexity index is 1210. The number of carbonyl (C=O) groups excluding carboxylic acids is 1. The normalized spacial score (nSPS) is 14.1. The van der Waals surface area contributed by atoms with Crippen LogP contribution in [0, 0.1) is 0 Å². The first-order valence-electron chi connectivity index (χ1n) is 11.4. The zero-order chi connectivity index (χ0) is 27.8. The minimum Gasteiger partial charge on any atom is -0.465 e. The first kappa shape index (κ1) is 30.3. The topological polar surface area (TPSA) is 172 Å². The molecule has 0 aliphatic rings. The van der Waals surface area contributed by atoms with Crippen molar-refractivity contribution >= 4 is 29.4 Å². The third-order valence-electron chi connectivity index (χ3n) is 4.84. The van der Waals surface area contributed by atoms with Gasteiger partial charge in [0.1, 0.15) is 11.5 Å². The summed E-state index contributed by atoms with van der Waals surface area (Å²) in [6, 6.07) is 12.8. The predicted octanol–water partition coefficient (Wildman–Crippen LogP) is 3.83. The average molecular weight is 558 g/mol. The van der Waals surface area contributed by atoms with Crippen LogP contribution in [0.2, 0.25) is 0 Å². The van der Waals surface area contributed by atoms with E-state index in [1.807, 2.05) is 6.07 Å². The SMILES string of the molecule is CC(C)OP(=O)(O)C(=O)N(CC(CNS(=O)(=O)c1ccc(Oc2ccccc2)cc1)NC(=O)O)C(C)C.